The number of fused-ring (bicyclic) bond motifs is 1. The first-order chi connectivity index (χ1) is 16.4. The van der Waals surface area contributed by atoms with Crippen molar-refractivity contribution in [1.82, 2.24) is 0 Å². The first-order valence-corrected chi connectivity index (χ1v) is 11.2. The second-order valence-electron chi connectivity index (χ2n) is 8.27. The lowest BCUT2D eigenvalue weighted by molar-refractivity contribution is -0.120. The van der Waals surface area contributed by atoms with Crippen LogP contribution in [0.15, 0.2) is 96.7 Å². The van der Waals surface area contributed by atoms with Gasteiger partial charge in [-0.15, -0.1) is 0 Å². The van der Waals surface area contributed by atoms with E-state index in [2.05, 4.69) is 5.32 Å². The summed E-state index contributed by atoms with van der Waals surface area (Å²) in [5.41, 5.74) is 3.33. The molecule has 0 saturated carbocycles. The van der Waals surface area contributed by atoms with Gasteiger partial charge in [0.25, 0.3) is 11.8 Å². The quantitative estimate of drug-likeness (QED) is 0.368. The van der Waals surface area contributed by atoms with Gasteiger partial charge in [-0.25, -0.2) is 4.90 Å². The Morgan fingerprint density at radius 1 is 0.794 bits per heavy atom. The molecule has 6 heteroatoms. The van der Waals surface area contributed by atoms with Crippen molar-refractivity contribution in [3.05, 3.63) is 107 Å². The monoisotopic (exact) mass is 467 g/mol. The van der Waals surface area contributed by atoms with Gasteiger partial charge in [0.15, 0.2) is 0 Å². The third-order valence-corrected chi connectivity index (χ3v) is 6.12. The van der Waals surface area contributed by atoms with Crippen LogP contribution >= 0.6 is 11.6 Å². The van der Waals surface area contributed by atoms with Crippen LogP contribution in [0.1, 0.15) is 5.56 Å². The lowest BCUT2D eigenvalue weighted by Gasteiger charge is -2.19. The molecule has 1 N–H and O–H groups in total. The summed E-state index contributed by atoms with van der Waals surface area (Å²) in [6.45, 7) is 0. The molecule has 0 atom stereocenters. The van der Waals surface area contributed by atoms with E-state index in [0.717, 1.165) is 22.1 Å². The zero-order valence-corrected chi connectivity index (χ0v) is 19.5. The van der Waals surface area contributed by atoms with Crippen LogP contribution < -0.4 is 15.1 Å². The molecule has 0 aliphatic carbocycles. The number of nitrogens with zero attached hydrogens (tertiary/aromatic N) is 2. The summed E-state index contributed by atoms with van der Waals surface area (Å²) >= 11 is 6.09. The van der Waals surface area contributed by atoms with Crippen LogP contribution in [0.4, 0.5) is 17.1 Å². The fourth-order valence-electron chi connectivity index (χ4n) is 4.14. The second-order valence-corrected chi connectivity index (χ2v) is 8.71. The number of nitrogens with one attached hydrogen (secondary N) is 1. The number of carbonyl (C=O) groups excluding carboxylic acids is 2. The molecule has 4 aromatic carbocycles. The molecule has 2 amide bonds. The minimum Gasteiger partial charge on any atom is -0.378 e. The van der Waals surface area contributed by atoms with Gasteiger partial charge in [0.05, 0.1) is 11.3 Å². The molecule has 0 unspecified atom stereocenters. The SMILES string of the molecule is CN(C)c1cccc(N2C(=O)C(Nc3cccc4ccccc34)=C(c3ccc(Cl)cc3)C2=O)c1. The van der Waals surface area contributed by atoms with E-state index >= 15 is 0 Å². The maximum atomic E-state index is 13.7. The number of halogens is 1. The Morgan fingerprint density at radius 2 is 1.50 bits per heavy atom. The molecule has 0 radical (unpaired) electrons. The molecule has 34 heavy (non-hydrogen) atoms. The highest BCUT2D eigenvalue weighted by Crippen LogP contribution is 2.36. The number of rotatable bonds is 5. The number of benzene rings is 4. The van der Waals surface area contributed by atoms with Gasteiger partial charge in [0, 0.05) is 35.9 Å². The van der Waals surface area contributed by atoms with Crippen LogP contribution in [0.2, 0.25) is 5.02 Å². The van der Waals surface area contributed by atoms with Crippen LogP contribution in [-0.4, -0.2) is 25.9 Å². The standard InChI is InChI=1S/C28H22ClN3O2/c1-31(2)21-9-6-10-22(17-21)32-27(33)25(19-13-15-20(29)16-14-19)26(28(32)34)30-24-12-5-8-18-7-3-4-11-23(18)24/h3-17,30H,1-2H3. The molecule has 1 aliphatic rings. The van der Waals surface area contributed by atoms with Crippen molar-refractivity contribution in [3.63, 3.8) is 0 Å². The summed E-state index contributed by atoms with van der Waals surface area (Å²) in [4.78, 5) is 30.6. The highest BCUT2D eigenvalue weighted by molar-refractivity contribution is 6.46. The van der Waals surface area contributed by atoms with E-state index in [4.69, 9.17) is 11.6 Å². The van der Waals surface area contributed by atoms with Crippen molar-refractivity contribution in [2.75, 3.05) is 29.2 Å². The van der Waals surface area contributed by atoms with Gasteiger partial charge in [-0.2, -0.15) is 0 Å². The molecular formula is C28H22ClN3O2. The van der Waals surface area contributed by atoms with Crippen molar-refractivity contribution in [3.8, 4) is 0 Å². The summed E-state index contributed by atoms with van der Waals surface area (Å²) < 4.78 is 0. The molecule has 4 aromatic rings. The van der Waals surface area contributed by atoms with Crippen LogP contribution in [-0.2, 0) is 9.59 Å². The number of hydrogen-bond donors (Lipinski definition) is 1. The minimum atomic E-state index is -0.404. The predicted molar refractivity (Wildman–Crippen MR) is 139 cm³/mol. The van der Waals surface area contributed by atoms with E-state index in [1.807, 2.05) is 79.7 Å². The summed E-state index contributed by atoms with van der Waals surface area (Å²) in [5, 5.41) is 5.84. The highest BCUT2D eigenvalue weighted by atomic mass is 35.5. The Hall–Kier alpha value is -4.09. The molecule has 1 aliphatic heterocycles. The molecule has 0 saturated heterocycles. The Morgan fingerprint density at radius 3 is 2.26 bits per heavy atom. The van der Waals surface area contributed by atoms with E-state index in [-0.39, 0.29) is 11.6 Å². The number of anilines is 3. The van der Waals surface area contributed by atoms with E-state index < -0.39 is 5.91 Å². The van der Waals surface area contributed by atoms with Gasteiger partial charge in [-0.1, -0.05) is 66.2 Å². The zero-order valence-electron chi connectivity index (χ0n) is 18.7. The Bertz CT molecular complexity index is 1450. The van der Waals surface area contributed by atoms with Gasteiger partial charge in [0.1, 0.15) is 5.70 Å². The van der Waals surface area contributed by atoms with Crippen LogP contribution in [0.5, 0.6) is 0 Å². The van der Waals surface area contributed by atoms with E-state index in [1.54, 1.807) is 30.3 Å². The zero-order chi connectivity index (χ0) is 23.8. The second kappa shape index (κ2) is 8.69. The Kier molecular flexibility index (Phi) is 5.56. The molecule has 5 rings (SSSR count). The van der Waals surface area contributed by atoms with Crippen molar-refractivity contribution in [2.45, 2.75) is 0 Å². The van der Waals surface area contributed by atoms with Gasteiger partial charge in [0.2, 0.25) is 0 Å². The van der Waals surface area contributed by atoms with Gasteiger partial charge >= 0.3 is 0 Å². The highest BCUT2D eigenvalue weighted by Gasteiger charge is 2.40. The lowest BCUT2D eigenvalue weighted by Crippen LogP contribution is -2.32. The Labute approximate surface area is 202 Å². The fraction of sp³-hybridized carbons (Fsp3) is 0.0714. The van der Waals surface area contributed by atoms with Crippen LogP contribution in [0.3, 0.4) is 0 Å². The maximum Gasteiger partial charge on any atom is 0.282 e. The van der Waals surface area contributed by atoms with Crippen molar-refractivity contribution in [1.29, 1.82) is 0 Å². The normalized spacial score (nSPS) is 13.7. The van der Waals surface area contributed by atoms with Gasteiger partial charge in [-0.3, -0.25) is 9.59 Å². The van der Waals surface area contributed by atoms with Gasteiger partial charge in [-0.05, 0) is 47.3 Å². The molecule has 1 heterocycles. The maximum absolute atomic E-state index is 13.7. The largest absolute Gasteiger partial charge is 0.378 e. The van der Waals surface area contributed by atoms with Gasteiger partial charge < -0.3 is 10.2 Å². The van der Waals surface area contributed by atoms with E-state index in [0.29, 0.717) is 21.8 Å². The van der Waals surface area contributed by atoms with Crippen LogP contribution in [0.25, 0.3) is 16.3 Å². The summed E-state index contributed by atoms with van der Waals surface area (Å²) in [6, 6.07) is 28.1. The topological polar surface area (TPSA) is 52.6 Å². The summed E-state index contributed by atoms with van der Waals surface area (Å²) in [7, 11) is 3.83. The van der Waals surface area contributed by atoms with Crippen molar-refractivity contribution >= 4 is 56.8 Å². The third-order valence-electron chi connectivity index (χ3n) is 5.87. The molecule has 0 bridgehead atoms. The predicted octanol–water partition coefficient (Wildman–Crippen LogP) is 5.96. The molecule has 0 aromatic heterocycles. The first kappa shape index (κ1) is 21.7. The minimum absolute atomic E-state index is 0.235. The Balaban J connectivity index is 1.65. The molecular weight excluding hydrogens is 446 g/mol. The van der Waals surface area contributed by atoms with Crippen molar-refractivity contribution in [2.24, 2.45) is 0 Å². The van der Waals surface area contributed by atoms with E-state index in [1.165, 1.54) is 4.90 Å². The van der Waals surface area contributed by atoms with Crippen molar-refractivity contribution < 1.29 is 9.59 Å². The average Bonchev–Trinajstić information content (AvgIpc) is 3.09. The molecule has 0 spiro atoms. The van der Waals surface area contributed by atoms with E-state index in [9.17, 15) is 9.59 Å². The molecule has 5 nitrogen and oxygen atoms in total. The third kappa shape index (κ3) is 3.80. The number of amides is 2. The van der Waals surface area contributed by atoms with Crippen LogP contribution in [0, 0.1) is 0 Å². The molecule has 168 valence electrons. The number of hydrogen-bond acceptors (Lipinski definition) is 4. The number of imide groups is 1. The lowest BCUT2D eigenvalue weighted by atomic mass is 10.0. The average molecular weight is 468 g/mol. The fourth-order valence-corrected chi connectivity index (χ4v) is 4.27. The first-order valence-electron chi connectivity index (χ1n) is 10.9. The summed E-state index contributed by atoms with van der Waals surface area (Å²) in [6.07, 6.45) is 0. The number of carbonyl (C=O) groups is 2. The summed E-state index contributed by atoms with van der Waals surface area (Å²) in [5.74, 6) is -0.787. The smallest absolute Gasteiger partial charge is 0.282 e. The molecule has 0 fully saturated rings.